The van der Waals surface area contributed by atoms with E-state index in [0.717, 1.165) is 18.4 Å². The molecule has 4 rings (SSSR count). The molecule has 1 atom stereocenters. The SMILES string of the molecule is COc1ccc(C(=O)N2CCC3(CC2)NC(C(=O)NCCc2ccc(Cl)cc2Cl)CS3)c(OC)c1. The summed E-state index contributed by atoms with van der Waals surface area (Å²) in [6.07, 6.45) is 2.18. The molecule has 0 bridgehead atoms. The number of nitrogens with one attached hydrogen (secondary N) is 2. The number of benzene rings is 2. The van der Waals surface area contributed by atoms with Crippen LogP contribution in [-0.2, 0) is 11.2 Å². The third kappa shape index (κ3) is 6.00. The second kappa shape index (κ2) is 11.3. The van der Waals surface area contributed by atoms with Crippen LogP contribution in [0, 0.1) is 0 Å². The van der Waals surface area contributed by atoms with E-state index in [1.807, 2.05) is 11.0 Å². The Labute approximate surface area is 219 Å². The number of rotatable bonds is 7. The molecule has 2 aromatic carbocycles. The lowest BCUT2D eigenvalue weighted by Gasteiger charge is -2.39. The molecule has 2 N–H and O–H groups in total. The average Bonchev–Trinajstić information content (AvgIpc) is 3.28. The molecule has 2 aromatic rings. The lowest BCUT2D eigenvalue weighted by molar-refractivity contribution is -0.122. The van der Waals surface area contributed by atoms with Crippen LogP contribution in [0.25, 0.3) is 0 Å². The van der Waals surface area contributed by atoms with Gasteiger partial charge >= 0.3 is 0 Å². The zero-order chi connectivity index (χ0) is 25.0. The molecule has 0 aromatic heterocycles. The first-order chi connectivity index (χ1) is 16.8. The Kier molecular flexibility index (Phi) is 8.37. The Morgan fingerprint density at radius 3 is 2.60 bits per heavy atom. The van der Waals surface area contributed by atoms with Crippen LogP contribution in [-0.4, -0.2) is 67.2 Å². The second-order valence-corrected chi connectivity index (χ2v) is 10.9. The first-order valence-corrected chi connectivity index (χ1v) is 13.2. The summed E-state index contributed by atoms with van der Waals surface area (Å²) in [5.41, 5.74) is 1.47. The molecule has 2 aliphatic heterocycles. The van der Waals surface area contributed by atoms with Crippen molar-refractivity contribution in [1.82, 2.24) is 15.5 Å². The molecule has 2 fully saturated rings. The Hall–Kier alpha value is -2.13. The average molecular weight is 538 g/mol. The largest absolute Gasteiger partial charge is 0.497 e. The fourth-order valence-corrected chi connectivity index (χ4v) is 6.38. The molecular weight excluding hydrogens is 509 g/mol. The van der Waals surface area contributed by atoms with E-state index in [2.05, 4.69) is 10.6 Å². The first-order valence-electron chi connectivity index (χ1n) is 11.5. The predicted molar refractivity (Wildman–Crippen MR) is 140 cm³/mol. The van der Waals surface area contributed by atoms with Gasteiger partial charge in [-0.2, -0.15) is 0 Å². The van der Waals surface area contributed by atoms with Crippen molar-refractivity contribution in [1.29, 1.82) is 0 Å². The van der Waals surface area contributed by atoms with Crippen LogP contribution < -0.4 is 20.1 Å². The van der Waals surface area contributed by atoms with Gasteiger partial charge in [0.2, 0.25) is 5.91 Å². The van der Waals surface area contributed by atoms with Crippen molar-refractivity contribution in [2.45, 2.75) is 30.2 Å². The normalized spacial score (nSPS) is 19.0. The van der Waals surface area contributed by atoms with Gasteiger partial charge in [-0.25, -0.2) is 0 Å². The monoisotopic (exact) mass is 537 g/mol. The van der Waals surface area contributed by atoms with Gasteiger partial charge in [-0.1, -0.05) is 29.3 Å². The summed E-state index contributed by atoms with van der Waals surface area (Å²) in [5, 5.41) is 7.75. The highest BCUT2D eigenvalue weighted by Crippen LogP contribution is 2.40. The van der Waals surface area contributed by atoms with E-state index < -0.39 is 0 Å². The zero-order valence-corrected chi connectivity index (χ0v) is 22.1. The molecule has 7 nitrogen and oxygen atoms in total. The number of carbonyl (C=O) groups is 2. The van der Waals surface area contributed by atoms with Crippen molar-refractivity contribution < 1.29 is 19.1 Å². The van der Waals surface area contributed by atoms with E-state index in [1.165, 1.54) is 0 Å². The standard InChI is InChI=1S/C25H29Cl2N3O4S/c1-33-18-5-6-19(22(14-18)34-2)24(32)30-11-8-25(9-12-30)29-21(15-35-25)23(31)28-10-7-16-3-4-17(26)13-20(16)27/h3-6,13-14,21,29H,7-12,15H2,1-2H3,(H,28,31). The van der Waals surface area contributed by atoms with Gasteiger partial charge < -0.3 is 19.7 Å². The van der Waals surface area contributed by atoms with Crippen LogP contribution in [0.5, 0.6) is 11.5 Å². The Morgan fingerprint density at radius 2 is 1.91 bits per heavy atom. The van der Waals surface area contributed by atoms with E-state index in [-0.39, 0.29) is 22.7 Å². The highest BCUT2D eigenvalue weighted by Gasteiger charge is 2.44. The van der Waals surface area contributed by atoms with Crippen LogP contribution >= 0.6 is 35.0 Å². The summed E-state index contributed by atoms with van der Waals surface area (Å²) in [4.78, 5) is 27.5. The highest BCUT2D eigenvalue weighted by molar-refractivity contribution is 8.01. The number of ether oxygens (including phenoxy) is 2. The second-order valence-electron chi connectivity index (χ2n) is 8.64. The van der Waals surface area contributed by atoms with E-state index >= 15 is 0 Å². The van der Waals surface area contributed by atoms with Crippen LogP contribution in [0.2, 0.25) is 10.0 Å². The van der Waals surface area contributed by atoms with Crippen molar-refractivity contribution in [3.63, 3.8) is 0 Å². The summed E-state index contributed by atoms with van der Waals surface area (Å²) in [7, 11) is 3.13. The third-order valence-corrected chi connectivity index (χ3v) is 8.65. The fourth-order valence-electron chi connectivity index (χ4n) is 4.46. The van der Waals surface area contributed by atoms with Gasteiger partial charge in [-0.3, -0.25) is 14.9 Å². The van der Waals surface area contributed by atoms with Gasteiger partial charge in [0, 0.05) is 41.5 Å². The fraction of sp³-hybridized carbons (Fsp3) is 0.440. The molecule has 0 radical (unpaired) electrons. The summed E-state index contributed by atoms with van der Waals surface area (Å²) < 4.78 is 10.6. The number of piperidine rings is 1. The van der Waals surface area contributed by atoms with Crippen LogP contribution in [0.3, 0.4) is 0 Å². The minimum atomic E-state index is -0.260. The van der Waals surface area contributed by atoms with Gasteiger partial charge in [0.1, 0.15) is 11.5 Å². The maximum absolute atomic E-state index is 13.1. The molecular formula is C25H29Cl2N3O4S. The summed E-state index contributed by atoms with van der Waals surface area (Å²) >= 11 is 13.9. The van der Waals surface area contributed by atoms with Crippen LogP contribution in [0.4, 0.5) is 0 Å². The number of halogens is 2. The Bertz CT molecular complexity index is 1090. The number of methoxy groups -OCH3 is 2. The van der Waals surface area contributed by atoms with E-state index in [1.54, 1.807) is 56.3 Å². The number of likely N-dealkylation sites (tertiary alicyclic amines) is 1. The van der Waals surface area contributed by atoms with Crippen molar-refractivity contribution in [2.75, 3.05) is 39.6 Å². The quantitative estimate of drug-likeness (QED) is 0.555. The molecule has 2 heterocycles. The van der Waals surface area contributed by atoms with Crippen molar-refractivity contribution in [3.05, 3.63) is 57.6 Å². The van der Waals surface area contributed by atoms with Crippen molar-refractivity contribution in [2.24, 2.45) is 0 Å². The number of amides is 2. The zero-order valence-electron chi connectivity index (χ0n) is 19.7. The smallest absolute Gasteiger partial charge is 0.257 e. The van der Waals surface area contributed by atoms with Gasteiger partial charge in [0.15, 0.2) is 0 Å². The maximum atomic E-state index is 13.1. The topological polar surface area (TPSA) is 79.9 Å². The third-order valence-electron chi connectivity index (χ3n) is 6.49. The molecule has 10 heteroatoms. The summed E-state index contributed by atoms with van der Waals surface area (Å²) in [5.74, 6) is 1.77. The number of carbonyl (C=O) groups excluding carboxylic acids is 2. The molecule has 1 spiro atoms. The molecule has 2 saturated heterocycles. The number of hydrogen-bond acceptors (Lipinski definition) is 6. The molecule has 0 saturated carbocycles. The van der Waals surface area contributed by atoms with Crippen molar-refractivity contribution >= 4 is 46.8 Å². The molecule has 2 amide bonds. The Balaban J connectivity index is 1.27. The molecule has 188 valence electrons. The van der Waals surface area contributed by atoms with Crippen LogP contribution in [0.1, 0.15) is 28.8 Å². The maximum Gasteiger partial charge on any atom is 0.257 e. The van der Waals surface area contributed by atoms with Gasteiger partial charge in [-0.15, -0.1) is 11.8 Å². The number of hydrogen-bond donors (Lipinski definition) is 2. The first kappa shape index (κ1) is 25.9. The van der Waals surface area contributed by atoms with Gasteiger partial charge in [0.05, 0.1) is 30.7 Å². The molecule has 2 aliphatic rings. The lowest BCUT2D eigenvalue weighted by Crippen LogP contribution is -2.54. The molecule has 35 heavy (non-hydrogen) atoms. The van der Waals surface area contributed by atoms with E-state index in [4.69, 9.17) is 32.7 Å². The minimum Gasteiger partial charge on any atom is -0.497 e. The van der Waals surface area contributed by atoms with E-state index in [0.29, 0.717) is 58.9 Å². The highest BCUT2D eigenvalue weighted by atomic mass is 35.5. The molecule has 1 unspecified atom stereocenters. The number of nitrogens with zero attached hydrogens (tertiary/aromatic N) is 1. The molecule has 0 aliphatic carbocycles. The summed E-state index contributed by atoms with van der Waals surface area (Å²) in [6, 6.07) is 10.4. The van der Waals surface area contributed by atoms with Crippen molar-refractivity contribution in [3.8, 4) is 11.5 Å². The van der Waals surface area contributed by atoms with Gasteiger partial charge in [0.25, 0.3) is 5.91 Å². The van der Waals surface area contributed by atoms with Gasteiger partial charge in [-0.05, 0) is 49.1 Å². The number of thioether (sulfide) groups is 1. The Morgan fingerprint density at radius 1 is 1.14 bits per heavy atom. The van der Waals surface area contributed by atoms with E-state index in [9.17, 15) is 9.59 Å². The predicted octanol–water partition coefficient (Wildman–Crippen LogP) is 4.01. The summed E-state index contributed by atoms with van der Waals surface area (Å²) in [6.45, 7) is 1.72. The van der Waals surface area contributed by atoms with Crippen LogP contribution in [0.15, 0.2) is 36.4 Å². The lowest BCUT2D eigenvalue weighted by atomic mass is 10.0. The minimum absolute atomic E-state index is 0.0130.